The highest BCUT2D eigenvalue weighted by Crippen LogP contribution is 2.17. The molecule has 7 heteroatoms. The second-order valence-corrected chi connectivity index (χ2v) is 5.35. The Morgan fingerprint density at radius 3 is 2.39 bits per heavy atom. The molecule has 0 radical (unpaired) electrons. The molecule has 0 aliphatic heterocycles. The lowest BCUT2D eigenvalue weighted by Crippen LogP contribution is -2.40. The molecule has 0 saturated carbocycles. The smallest absolute Gasteiger partial charge is 0.315 e. The molecule has 1 rings (SSSR count). The maximum Gasteiger partial charge on any atom is 0.315 e. The third-order valence-corrected chi connectivity index (χ3v) is 3.24. The van der Waals surface area contributed by atoms with Gasteiger partial charge < -0.3 is 20.6 Å². The number of benzene rings is 1. The van der Waals surface area contributed by atoms with Crippen molar-refractivity contribution in [3.63, 3.8) is 0 Å². The van der Waals surface area contributed by atoms with E-state index in [-0.39, 0.29) is 25.3 Å². The van der Waals surface area contributed by atoms with E-state index in [1.807, 2.05) is 30.3 Å². The SMILES string of the molecule is CN(C)C(=O)CC(NC(=O)NCCCC(=O)O)c1ccccc1. The van der Waals surface area contributed by atoms with Gasteiger partial charge in [-0.25, -0.2) is 4.79 Å². The van der Waals surface area contributed by atoms with Gasteiger partial charge in [0, 0.05) is 27.1 Å². The molecule has 126 valence electrons. The number of carbonyl (C=O) groups is 3. The van der Waals surface area contributed by atoms with Crippen LogP contribution in [0, 0.1) is 0 Å². The molecule has 3 amide bonds. The first-order valence-electron chi connectivity index (χ1n) is 7.41. The lowest BCUT2D eigenvalue weighted by atomic mass is 10.0. The standard InChI is InChI=1S/C16H23N3O4/c1-19(2)14(20)11-13(12-7-4-3-5-8-12)18-16(23)17-10-6-9-15(21)22/h3-5,7-8,13H,6,9-11H2,1-2H3,(H,21,22)(H2,17,18,23). The van der Waals surface area contributed by atoms with Crippen molar-refractivity contribution in [2.75, 3.05) is 20.6 Å². The second-order valence-electron chi connectivity index (χ2n) is 5.35. The number of urea groups is 1. The van der Waals surface area contributed by atoms with Crippen LogP contribution < -0.4 is 10.6 Å². The zero-order valence-electron chi connectivity index (χ0n) is 13.4. The van der Waals surface area contributed by atoms with Crippen LogP contribution in [0.25, 0.3) is 0 Å². The van der Waals surface area contributed by atoms with Crippen LogP contribution in [0.15, 0.2) is 30.3 Å². The maximum absolute atomic E-state index is 11.9. The summed E-state index contributed by atoms with van der Waals surface area (Å²) in [6.07, 6.45) is 0.510. The molecule has 1 aromatic rings. The number of rotatable bonds is 8. The Balaban J connectivity index is 2.60. The number of carboxylic acids is 1. The van der Waals surface area contributed by atoms with Crippen molar-refractivity contribution >= 4 is 17.9 Å². The van der Waals surface area contributed by atoms with E-state index >= 15 is 0 Å². The lowest BCUT2D eigenvalue weighted by Gasteiger charge is -2.21. The monoisotopic (exact) mass is 321 g/mol. The van der Waals surface area contributed by atoms with Gasteiger partial charge in [0.2, 0.25) is 5.91 Å². The van der Waals surface area contributed by atoms with E-state index in [1.54, 1.807) is 14.1 Å². The van der Waals surface area contributed by atoms with Crippen molar-refractivity contribution < 1.29 is 19.5 Å². The van der Waals surface area contributed by atoms with Crippen LogP contribution in [0.3, 0.4) is 0 Å². The van der Waals surface area contributed by atoms with Crippen LogP contribution in [0.1, 0.15) is 30.9 Å². The molecule has 7 nitrogen and oxygen atoms in total. The number of nitrogens with one attached hydrogen (secondary N) is 2. The Bertz CT molecular complexity index is 531. The molecular formula is C16H23N3O4. The van der Waals surface area contributed by atoms with E-state index in [0.29, 0.717) is 6.42 Å². The van der Waals surface area contributed by atoms with Crippen LogP contribution in [-0.2, 0) is 9.59 Å². The summed E-state index contributed by atoms with van der Waals surface area (Å²) in [6, 6.07) is 8.38. The molecule has 0 aliphatic rings. The Morgan fingerprint density at radius 2 is 1.83 bits per heavy atom. The lowest BCUT2D eigenvalue weighted by molar-refractivity contribution is -0.137. The van der Waals surface area contributed by atoms with Gasteiger partial charge in [-0.1, -0.05) is 30.3 Å². The summed E-state index contributed by atoms with van der Waals surface area (Å²) in [5, 5.41) is 13.9. The Labute approximate surface area is 135 Å². The average Bonchev–Trinajstić information content (AvgIpc) is 2.51. The molecule has 1 unspecified atom stereocenters. The van der Waals surface area contributed by atoms with E-state index in [9.17, 15) is 14.4 Å². The highest BCUT2D eigenvalue weighted by Gasteiger charge is 2.19. The number of nitrogens with zero attached hydrogens (tertiary/aromatic N) is 1. The van der Waals surface area contributed by atoms with Gasteiger partial charge in [0.25, 0.3) is 0 Å². The van der Waals surface area contributed by atoms with Gasteiger partial charge in [-0.3, -0.25) is 9.59 Å². The molecule has 0 aliphatic carbocycles. The van der Waals surface area contributed by atoms with Gasteiger partial charge in [-0.2, -0.15) is 0 Å². The topological polar surface area (TPSA) is 98.7 Å². The van der Waals surface area contributed by atoms with E-state index < -0.39 is 18.0 Å². The third-order valence-electron chi connectivity index (χ3n) is 3.24. The molecule has 0 aromatic heterocycles. The molecule has 0 saturated heterocycles. The molecule has 0 heterocycles. The van der Waals surface area contributed by atoms with E-state index in [4.69, 9.17) is 5.11 Å². The summed E-state index contributed by atoms with van der Waals surface area (Å²) in [5.41, 5.74) is 0.836. The molecular weight excluding hydrogens is 298 g/mol. The third kappa shape index (κ3) is 7.30. The number of carbonyl (C=O) groups excluding carboxylic acids is 2. The Kier molecular flexibility index (Phi) is 7.59. The highest BCUT2D eigenvalue weighted by atomic mass is 16.4. The second kappa shape index (κ2) is 9.45. The first-order valence-corrected chi connectivity index (χ1v) is 7.41. The number of carboxylic acid groups (broad SMARTS) is 1. The van der Waals surface area contributed by atoms with E-state index in [0.717, 1.165) is 5.56 Å². The van der Waals surface area contributed by atoms with Crippen molar-refractivity contribution in [2.45, 2.75) is 25.3 Å². The fourth-order valence-corrected chi connectivity index (χ4v) is 1.95. The van der Waals surface area contributed by atoms with Crippen LogP contribution in [-0.4, -0.2) is 48.6 Å². The van der Waals surface area contributed by atoms with Gasteiger partial charge in [0.15, 0.2) is 0 Å². The molecule has 3 N–H and O–H groups in total. The van der Waals surface area contributed by atoms with Crippen LogP contribution in [0.5, 0.6) is 0 Å². The molecule has 1 aromatic carbocycles. The van der Waals surface area contributed by atoms with E-state index in [2.05, 4.69) is 10.6 Å². The molecule has 23 heavy (non-hydrogen) atoms. The van der Waals surface area contributed by atoms with Crippen molar-refractivity contribution in [1.82, 2.24) is 15.5 Å². The molecule has 0 bridgehead atoms. The van der Waals surface area contributed by atoms with Crippen molar-refractivity contribution in [2.24, 2.45) is 0 Å². The zero-order chi connectivity index (χ0) is 17.2. The summed E-state index contributed by atoms with van der Waals surface area (Å²) in [6.45, 7) is 0.265. The van der Waals surface area contributed by atoms with Crippen LogP contribution >= 0.6 is 0 Å². The fourth-order valence-electron chi connectivity index (χ4n) is 1.95. The summed E-state index contributed by atoms with van der Waals surface area (Å²) >= 11 is 0. The first kappa shape index (κ1) is 18.5. The van der Waals surface area contributed by atoms with Gasteiger partial charge in [-0.05, 0) is 12.0 Å². The van der Waals surface area contributed by atoms with Crippen molar-refractivity contribution in [3.8, 4) is 0 Å². The summed E-state index contributed by atoms with van der Waals surface area (Å²) in [5.74, 6) is -0.990. The molecule has 1 atom stereocenters. The molecule has 0 spiro atoms. The summed E-state index contributed by atoms with van der Waals surface area (Å²) in [4.78, 5) is 35.8. The van der Waals surface area contributed by atoms with Crippen molar-refractivity contribution in [3.05, 3.63) is 35.9 Å². The number of amides is 3. The van der Waals surface area contributed by atoms with Crippen LogP contribution in [0.4, 0.5) is 4.79 Å². The quantitative estimate of drug-likeness (QED) is 0.630. The predicted molar refractivity (Wildman–Crippen MR) is 85.9 cm³/mol. The Morgan fingerprint density at radius 1 is 1.17 bits per heavy atom. The molecule has 0 fully saturated rings. The van der Waals surface area contributed by atoms with Gasteiger partial charge in [0.05, 0.1) is 12.5 Å². The minimum absolute atomic E-state index is 0.00150. The Hall–Kier alpha value is -2.57. The first-order chi connectivity index (χ1) is 10.9. The van der Waals surface area contributed by atoms with Gasteiger partial charge >= 0.3 is 12.0 Å². The average molecular weight is 321 g/mol. The normalized spacial score (nSPS) is 11.4. The maximum atomic E-state index is 11.9. The summed E-state index contributed by atoms with van der Waals surface area (Å²) in [7, 11) is 3.33. The number of hydrogen-bond donors (Lipinski definition) is 3. The minimum Gasteiger partial charge on any atom is -0.481 e. The van der Waals surface area contributed by atoms with Crippen LogP contribution in [0.2, 0.25) is 0 Å². The predicted octanol–water partition coefficient (Wildman–Crippen LogP) is 1.37. The minimum atomic E-state index is -0.897. The van der Waals surface area contributed by atoms with E-state index in [1.165, 1.54) is 4.90 Å². The van der Waals surface area contributed by atoms with Crippen molar-refractivity contribution in [1.29, 1.82) is 0 Å². The van der Waals surface area contributed by atoms with Gasteiger partial charge in [-0.15, -0.1) is 0 Å². The zero-order valence-corrected chi connectivity index (χ0v) is 13.4. The van der Waals surface area contributed by atoms with Gasteiger partial charge in [0.1, 0.15) is 0 Å². The number of aliphatic carboxylic acids is 1. The highest BCUT2D eigenvalue weighted by molar-refractivity contribution is 5.79. The largest absolute Gasteiger partial charge is 0.481 e. The fraction of sp³-hybridized carbons (Fsp3) is 0.438. The summed E-state index contributed by atoms with van der Waals surface area (Å²) < 4.78 is 0. The number of hydrogen-bond acceptors (Lipinski definition) is 3.